The number of aryl methyl sites for hydroxylation is 3. The van der Waals surface area contributed by atoms with E-state index in [0.717, 1.165) is 30.6 Å². The van der Waals surface area contributed by atoms with Crippen LogP contribution in [-0.4, -0.2) is 32.9 Å². The van der Waals surface area contributed by atoms with Crippen LogP contribution in [0.3, 0.4) is 0 Å². The lowest BCUT2D eigenvalue weighted by atomic mass is 10.1. The van der Waals surface area contributed by atoms with E-state index in [1.165, 1.54) is 11.1 Å². The molecule has 2 aromatic rings. The lowest BCUT2D eigenvalue weighted by Gasteiger charge is -2.29. The van der Waals surface area contributed by atoms with Crippen molar-refractivity contribution in [1.29, 1.82) is 0 Å². The molecule has 1 aromatic carbocycles. The van der Waals surface area contributed by atoms with Gasteiger partial charge in [0.2, 0.25) is 0 Å². The molecule has 0 unspecified atom stereocenters. The number of aliphatic hydroxyl groups is 1. The van der Waals surface area contributed by atoms with Gasteiger partial charge in [0, 0.05) is 31.7 Å². The van der Waals surface area contributed by atoms with Crippen LogP contribution in [-0.2, 0) is 20.0 Å². The SMILES string of the molecule is Cc1nn(C)c(Cl)c1CN(CCO)[C@@H]1CCc2ccccc21. The number of hydrogen-bond acceptors (Lipinski definition) is 3. The molecule has 1 aliphatic carbocycles. The lowest BCUT2D eigenvalue weighted by Crippen LogP contribution is -2.30. The Morgan fingerprint density at radius 3 is 2.86 bits per heavy atom. The molecule has 3 rings (SSSR count). The summed E-state index contributed by atoms with van der Waals surface area (Å²) in [6.07, 6.45) is 2.19. The van der Waals surface area contributed by atoms with Gasteiger partial charge in [0.1, 0.15) is 5.15 Å². The zero-order valence-corrected chi connectivity index (χ0v) is 13.8. The molecule has 5 heteroatoms. The molecule has 0 saturated carbocycles. The molecule has 0 aliphatic heterocycles. The van der Waals surface area contributed by atoms with Gasteiger partial charge in [0.25, 0.3) is 0 Å². The van der Waals surface area contributed by atoms with Crippen molar-refractivity contribution in [3.8, 4) is 0 Å². The van der Waals surface area contributed by atoms with Crippen LogP contribution in [0.5, 0.6) is 0 Å². The third-order valence-electron chi connectivity index (χ3n) is 4.56. The average molecular weight is 320 g/mol. The molecule has 1 N–H and O–H groups in total. The van der Waals surface area contributed by atoms with E-state index >= 15 is 0 Å². The standard InChI is InChI=1S/C17H22ClN3O/c1-12-15(17(18)20(2)19-12)11-21(9-10-22)16-8-7-13-5-3-4-6-14(13)16/h3-6,16,22H,7-11H2,1-2H3/t16-/m1/s1. The summed E-state index contributed by atoms with van der Waals surface area (Å²) in [6.45, 7) is 3.50. The fourth-order valence-electron chi connectivity index (χ4n) is 3.44. The van der Waals surface area contributed by atoms with Gasteiger partial charge in [-0.3, -0.25) is 9.58 Å². The van der Waals surface area contributed by atoms with Crippen molar-refractivity contribution in [2.24, 2.45) is 7.05 Å². The monoisotopic (exact) mass is 319 g/mol. The van der Waals surface area contributed by atoms with Gasteiger partial charge >= 0.3 is 0 Å². The number of halogens is 1. The lowest BCUT2D eigenvalue weighted by molar-refractivity contribution is 0.142. The highest BCUT2D eigenvalue weighted by atomic mass is 35.5. The molecule has 22 heavy (non-hydrogen) atoms. The third kappa shape index (κ3) is 2.78. The van der Waals surface area contributed by atoms with Crippen molar-refractivity contribution >= 4 is 11.6 Å². The number of aromatic nitrogens is 2. The van der Waals surface area contributed by atoms with E-state index in [0.29, 0.717) is 17.7 Å². The molecule has 118 valence electrons. The Bertz CT molecular complexity index is 668. The van der Waals surface area contributed by atoms with Crippen LogP contribution in [0.25, 0.3) is 0 Å². The van der Waals surface area contributed by atoms with Gasteiger partial charge in [-0.2, -0.15) is 5.10 Å². The number of hydrogen-bond donors (Lipinski definition) is 1. The van der Waals surface area contributed by atoms with Gasteiger partial charge in [0.15, 0.2) is 0 Å². The number of rotatable bonds is 5. The average Bonchev–Trinajstić information content (AvgIpc) is 3.03. The Morgan fingerprint density at radius 2 is 2.18 bits per heavy atom. The quantitative estimate of drug-likeness (QED) is 0.921. The Kier molecular flexibility index (Phi) is 4.52. The van der Waals surface area contributed by atoms with Crippen molar-refractivity contribution in [2.75, 3.05) is 13.2 Å². The minimum atomic E-state index is 0.148. The number of fused-ring (bicyclic) bond motifs is 1. The zero-order valence-electron chi connectivity index (χ0n) is 13.1. The van der Waals surface area contributed by atoms with Crippen molar-refractivity contribution < 1.29 is 5.11 Å². The Morgan fingerprint density at radius 1 is 1.41 bits per heavy atom. The topological polar surface area (TPSA) is 41.3 Å². The van der Waals surface area contributed by atoms with Crippen molar-refractivity contribution in [1.82, 2.24) is 14.7 Å². The van der Waals surface area contributed by atoms with Crippen molar-refractivity contribution in [2.45, 2.75) is 32.4 Å². The molecular formula is C17H22ClN3O. The van der Waals surface area contributed by atoms with E-state index in [1.54, 1.807) is 4.68 Å². The summed E-state index contributed by atoms with van der Waals surface area (Å²) in [5.41, 5.74) is 4.82. The highest BCUT2D eigenvalue weighted by molar-refractivity contribution is 6.30. The summed E-state index contributed by atoms with van der Waals surface area (Å²) < 4.78 is 1.71. The second-order valence-corrected chi connectivity index (χ2v) is 6.28. The molecule has 1 aromatic heterocycles. The first-order valence-electron chi connectivity index (χ1n) is 7.72. The fourth-order valence-corrected chi connectivity index (χ4v) is 3.68. The molecule has 1 aliphatic rings. The van der Waals surface area contributed by atoms with Crippen LogP contribution in [0, 0.1) is 6.92 Å². The van der Waals surface area contributed by atoms with E-state index in [1.807, 2.05) is 14.0 Å². The molecule has 1 heterocycles. The van der Waals surface area contributed by atoms with E-state index in [-0.39, 0.29) is 6.61 Å². The minimum absolute atomic E-state index is 0.148. The molecule has 0 bridgehead atoms. The molecule has 0 amide bonds. The maximum Gasteiger partial charge on any atom is 0.131 e. The first kappa shape index (κ1) is 15.5. The van der Waals surface area contributed by atoms with Gasteiger partial charge in [-0.1, -0.05) is 35.9 Å². The van der Waals surface area contributed by atoms with Crippen LogP contribution in [0.15, 0.2) is 24.3 Å². The van der Waals surface area contributed by atoms with Crippen LogP contribution in [0.2, 0.25) is 5.15 Å². The van der Waals surface area contributed by atoms with Crippen LogP contribution in [0.4, 0.5) is 0 Å². The summed E-state index contributed by atoms with van der Waals surface area (Å²) in [6, 6.07) is 8.94. The summed E-state index contributed by atoms with van der Waals surface area (Å²) in [5.74, 6) is 0. The summed E-state index contributed by atoms with van der Waals surface area (Å²) in [4.78, 5) is 2.32. The second-order valence-electron chi connectivity index (χ2n) is 5.93. The maximum absolute atomic E-state index is 9.47. The number of nitrogens with zero attached hydrogens (tertiary/aromatic N) is 3. The fraction of sp³-hybridized carbons (Fsp3) is 0.471. The molecule has 0 spiro atoms. The molecule has 1 atom stereocenters. The van der Waals surface area contributed by atoms with Gasteiger partial charge in [-0.25, -0.2) is 0 Å². The second kappa shape index (κ2) is 6.41. The molecule has 0 saturated heterocycles. The number of benzene rings is 1. The van der Waals surface area contributed by atoms with Crippen LogP contribution >= 0.6 is 11.6 Å². The van der Waals surface area contributed by atoms with Gasteiger partial charge in [0.05, 0.1) is 12.3 Å². The van der Waals surface area contributed by atoms with Crippen LogP contribution in [0.1, 0.15) is 34.8 Å². The van der Waals surface area contributed by atoms with Crippen LogP contribution < -0.4 is 0 Å². The Balaban J connectivity index is 1.88. The smallest absolute Gasteiger partial charge is 0.131 e. The maximum atomic E-state index is 9.47. The minimum Gasteiger partial charge on any atom is -0.395 e. The predicted molar refractivity (Wildman–Crippen MR) is 88.0 cm³/mol. The highest BCUT2D eigenvalue weighted by Gasteiger charge is 2.28. The van der Waals surface area contributed by atoms with Gasteiger partial charge in [-0.15, -0.1) is 0 Å². The van der Waals surface area contributed by atoms with Gasteiger partial charge < -0.3 is 5.11 Å². The molecular weight excluding hydrogens is 298 g/mol. The largest absolute Gasteiger partial charge is 0.395 e. The summed E-state index contributed by atoms with van der Waals surface area (Å²) >= 11 is 6.38. The highest BCUT2D eigenvalue weighted by Crippen LogP contribution is 2.37. The number of aliphatic hydroxyl groups excluding tert-OH is 1. The summed E-state index contributed by atoms with van der Waals surface area (Å²) in [7, 11) is 1.86. The van der Waals surface area contributed by atoms with Crippen molar-refractivity contribution in [3.63, 3.8) is 0 Å². The molecule has 4 nitrogen and oxygen atoms in total. The van der Waals surface area contributed by atoms with Crippen molar-refractivity contribution in [3.05, 3.63) is 51.8 Å². The first-order chi connectivity index (χ1) is 10.6. The molecule has 0 fully saturated rings. The first-order valence-corrected chi connectivity index (χ1v) is 8.10. The Hall–Kier alpha value is -1.36. The van der Waals surface area contributed by atoms with E-state index in [2.05, 4.69) is 34.3 Å². The van der Waals surface area contributed by atoms with E-state index in [4.69, 9.17) is 11.6 Å². The van der Waals surface area contributed by atoms with E-state index < -0.39 is 0 Å². The normalized spacial score (nSPS) is 17.2. The van der Waals surface area contributed by atoms with Gasteiger partial charge in [-0.05, 0) is 30.9 Å². The molecule has 0 radical (unpaired) electrons. The Labute approximate surface area is 136 Å². The zero-order chi connectivity index (χ0) is 15.7. The predicted octanol–water partition coefficient (Wildman–Crippen LogP) is 2.86. The van der Waals surface area contributed by atoms with E-state index in [9.17, 15) is 5.11 Å². The third-order valence-corrected chi connectivity index (χ3v) is 5.03. The summed E-state index contributed by atoms with van der Waals surface area (Å²) in [5, 5.41) is 14.5.